The molecule has 0 saturated carbocycles. The lowest BCUT2D eigenvalue weighted by atomic mass is 10.0. The Morgan fingerprint density at radius 2 is 2.17 bits per heavy atom. The summed E-state index contributed by atoms with van der Waals surface area (Å²) in [5, 5.41) is 9.30. The van der Waals surface area contributed by atoms with Crippen LogP contribution in [0.1, 0.15) is 18.5 Å². The normalized spacial score (nSPS) is 13.2. The zero-order valence-corrected chi connectivity index (χ0v) is 9.49. The van der Waals surface area contributed by atoms with E-state index < -0.39 is 35.1 Å². The molecule has 4 nitrogen and oxygen atoms in total. The summed E-state index contributed by atoms with van der Waals surface area (Å²) in [6.07, 6.45) is 0. The van der Waals surface area contributed by atoms with Crippen molar-refractivity contribution in [2.24, 2.45) is 5.73 Å². The molecule has 100 valence electrons. The van der Waals surface area contributed by atoms with Gasteiger partial charge in [0.1, 0.15) is 6.04 Å². The van der Waals surface area contributed by atoms with Crippen molar-refractivity contribution >= 4 is 5.97 Å². The van der Waals surface area contributed by atoms with Crippen LogP contribution in [-0.4, -0.2) is 23.6 Å². The maximum Gasteiger partial charge on any atom is 0.379 e. The summed E-state index contributed by atoms with van der Waals surface area (Å²) in [7, 11) is 0. The van der Waals surface area contributed by atoms with Gasteiger partial charge in [-0.1, -0.05) is 12.1 Å². The standard InChI is InChI=1S/C11H12F3NO3/c1-2-18-10(17)11(13,14)9(15)6-4-3-5-7(12)8(6)16/h3-5,9,16H,2,15H2,1H3/t9-/m1/s1. The molecule has 1 atom stereocenters. The first-order chi connectivity index (χ1) is 8.32. The van der Waals surface area contributed by atoms with Gasteiger partial charge in [0.15, 0.2) is 11.6 Å². The van der Waals surface area contributed by atoms with E-state index in [0.717, 1.165) is 18.2 Å². The fraction of sp³-hybridized carbons (Fsp3) is 0.364. The molecular weight excluding hydrogens is 251 g/mol. The molecule has 18 heavy (non-hydrogen) atoms. The van der Waals surface area contributed by atoms with Crippen molar-refractivity contribution in [3.05, 3.63) is 29.6 Å². The predicted octanol–water partition coefficient (Wildman–Crippen LogP) is 1.73. The quantitative estimate of drug-likeness (QED) is 0.811. The largest absolute Gasteiger partial charge is 0.505 e. The summed E-state index contributed by atoms with van der Waals surface area (Å²) in [5.74, 6) is -7.97. The molecule has 0 amide bonds. The molecule has 0 fully saturated rings. The van der Waals surface area contributed by atoms with Gasteiger partial charge in [0.05, 0.1) is 6.61 Å². The number of alkyl halides is 2. The fourth-order valence-electron chi connectivity index (χ4n) is 1.33. The summed E-state index contributed by atoms with van der Waals surface area (Å²) >= 11 is 0. The number of phenols is 1. The maximum absolute atomic E-state index is 13.6. The monoisotopic (exact) mass is 263 g/mol. The number of carbonyl (C=O) groups excluding carboxylic acids is 1. The molecule has 3 N–H and O–H groups in total. The highest BCUT2D eigenvalue weighted by atomic mass is 19.3. The SMILES string of the molecule is CCOC(=O)C(F)(F)[C@H](N)c1cccc(F)c1O. The molecule has 0 saturated heterocycles. The Morgan fingerprint density at radius 1 is 1.56 bits per heavy atom. The van der Waals surface area contributed by atoms with E-state index in [0.29, 0.717) is 0 Å². The Bertz CT molecular complexity index is 451. The topological polar surface area (TPSA) is 72.5 Å². The van der Waals surface area contributed by atoms with Crippen LogP contribution < -0.4 is 5.73 Å². The minimum atomic E-state index is -4.05. The third-order valence-electron chi connectivity index (χ3n) is 2.29. The van der Waals surface area contributed by atoms with Crippen molar-refractivity contribution < 1.29 is 27.8 Å². The third-order valence-corrected chi connectivity index (χ3v) is 2.29. The maximum atomic E-state index is 13.6. The van der Waals surface area contributed by atoms with Gasteiger partial charge in [0.25, 0.3) is 0 Å². The van der Waals surface area contributed by atoms with E-state index >= 15 is 0 Å². The molecule has 0 bridgehead atoms. The van der Waals surface area contributed by atoms with Crippen LogP contribution in [-0.2, 0) is 9.53 Å². The van der Waals surface area contributed by atoms with Crippen molar-refractivity contribution in [3.63, 3.8) is 0 Å². The van der Waals surface area contributed by atoms with Gasteiger partial charge in [-0.3, -0.25) is 0 Å². The van der Waals surface area contributed by atoms with Crippen LogP contribution in [0.2, 0.25) is 0 Å². The Balaban J connectivity index is 3.09. The van der Waals surface area contributed by atoms with E-state index in [4.69, 9.17) is 5.73 Å². The number of nitrogens with two attached hydrogens (primary N) is 1. The van der Waals surface area contributed by atoms with Crippen molar-refractivity contribution in [1.82, 2.24) is 0 Å². The zero-order chi connectivity index (χ0) is 13.9. The zero-order valence-electron chi connectivity index (χ0n) is 9.49. The highest BCUT2D eigenvalue weighted by Crippen LogP contribution is 2.35. The molecule has 0 radical (unpaired) electrons. The predicted molar refractivity (Wildman–Crippen MR) is 56.6 cm³/mol. The lowest BCUT2D eigenvalue weighted by molar-refractivity contribution is -0.174. The lowest BCUT2D eigenvalue weighted by Crippen LogP contribution is -2.41. The van der Waals surface area contributed by atoms with Gasteiger partial charge in [-0.25, -0.2) is 9.18 Å². The molecule has 1 rings (SSSR count). The minimum Gasteiger partial charge on any atom is -0.505 e. The summed E-state index contributed by atoms with van der Waals surface area (Å²) in [6.45, 7) is 1.12. The Hall–Kier alpha value is -1.76. The van der Waals surface area contributed by atoms with Gasteiger partial charge in [0.2, 0.25) is 0 Å². The van der Waals surface area contributed by atoms with E-state index in [1.807, 2.05) is 0 Å². The molecular formula is C11H12F3NO3. The number of esters is 1. The number of hydrogen-bond acceptors (Lipinski definition) is 4. The Kier molecular flexibility index (Phi) is 4.18. The molecule has 0 aliphatic rings. The van der Waals surface area contributed by atoms with Crippen molar-refractivity contribution in [1.29, 1.82) is 0 Å². The number of halogens is 3. The van der Waals surface area contributed by atoms with E-state index in [9.17, 15) is 23.1 Å². The van der Waals surface area contributed by atoms with E-state index in [1.54, 1.807) is 0 Å². The molecule has 0 unspecified atom stereocenters. The van der Waals surface area contributed by atoms with Crippen LogP contribution in [0.5, 0.6) is 5.75 Å². The van der Waals surface area contributed by atoms with Crippen LogP contribution in [0.3, 0.4) is 0 Å². The average Bonchev–Trinajstić information content (AvgIpc) is 2.32. The van der Waals surface area contributed by atoms with Gasteiger partial charge in [0, 0.05) is 5.56 Å². The molecule has 7 heteroatoms. The number of hydrogen-bond donors (Lipinski definition) is 2. The van der Waals surface area contributed by atoms with Gasteiger partial charge in [-0.05, 0) is 13.0 Å². The van der Waals surface area contributed by atoms with E-state index in [2.05, 4.69) is 4.74 Å². The van der Waals surface area contributed by atoms with Crippen LogP contribution >= 0.6 is 0 Å². The molecule has 0 aliphatic heterocycles. The van der Waals surface area contributed by atoms with Gasteiger partial charge in [-0.2, -0.15) is 8.78 Å². The molecule has 1 aromatic carbocycles. The minimum absolute atomic E-state index is 0.240. The Labute approximate surface area is 101 Å². The molecule has 1 aromatic rings. The molecule has 0 aromatic heterocycles. The highest BCUT2D eigenvalue weighted by molar-refractivity contribution is 5.79. The summed E-state index contributed by atoms with van der Waals surface area (Å²) in [6, 6.07) is 0.808. The Morgan fingerprint density at radius 3 is 2.72 bits per heavy atom. The first kappa shape index (κ1) is 14.3. The van der Waals surface area contributed by atoms with Gasteiger partial charge >= 0.3 is 11.9 Å². The van der Waals surface area contributed by atoms with Crippen LogP contribution in [0.25, 0.3) is 0 Å². The first-order valence-corrected chi connectivity index (χ1v) is 5.10. The van der Waals surface area contributed by atoms with Crippen LogP contribution in [0.4, 0.5) is 13.2 Å². The molecule has 0 aliphatic carbocycles. The lowest BCUT2D eigenvalue weighted by Gasteiger charge is -2.22. The number of phenolic OH excluding ortho intramolecular Hbond substituents is 1. The van der Waals surface area contributed by atoms with Crippen LogP contribution in [0, 0.1) is 5.82 Å². The average molecular weight is 263 g/mol. The second-order valence-electron chi connectivity index (χ2n) is 3.50. The second kappa shape index (κ2) is 5.26. The summed E-state index contributed by atoms with van der Waals surface area (Å²) in [5.41, 5.74) is 4.63. The van der Waals surface area contributed by atoms with E-state index in [1.165, 1.54) is 6.92 Å². The van der Waals surface area contributed by atoms with Crippen molar-refractivity contribution in [3.8, 4) is 5.75 Å². The molecule has 0 spiro atoms. The number of rotatable bonds is 4. The number of ether oxygens (including phenoxy) is 1. The highest BCUT2D eigenvalue weighted by Gasteiger charge is 2.48. The smallest absolute Gasteiger partial charge is 0.379 e. The van der Waals surface area contributed by atoms with Crippen LogP contribution in [0.15, 0.2) is 18.2 Å². The summed E-state index contributed by atoms with van der Waals surface area (Å²) < 4.78 is 44.3. The number of benzene rings is 1. The van der Waals surface area contributed by atoms with Crippen molar-refractivity contribution in [2.45, 2.75) is 18.9 Å². The number of para-hydroxylation sites is 1. The van der Waals surface area contributed by atoms with Gasteiger partial charge < -0.3 is 15.6 Å². The number of aromatic hydroxyl groups is 1. The fourth-order valence-corrected chi connectivity index (χ4v) is 1.33. The third kappa shape index (κ3) is 2.56. The van der Waals surface area contributed by atoms with E-state index in [-0.39, 0.29) is 6.61 Å². The molecule has 0 heterocycles. The summed E-state index contributed by atoms with van der Waals surface area (Å²) in [4.78, 5) is 11.0. The number of carbonyl (C=O) groups is 1. The van der Waals surface area contributed by atoms with Crippen molar-refractivity contribution in [2.75, 3.05) is 6.61 Å². The first-order valence-electron chi connectivity index (χ1n) is 5.10. The second-order valence-corrected chi connectivity index (χ2v) is 3.50. The van der Waals surface area contributed by atoms with Gasteiger partial charge in [-0.15, -0.1) is 0 Å².